The minimum absolute atomic E-state index is 0.00912. The van der Waals surface area contributed by atoms with Gasteiger partial charge in [0, 0.05) is 96.9 Å². The molecular weight excluding hydrogens is 1010 g/mol. The maximum Gasteiger partial charge on any atom is 0.303 e. The number of benzene rings is 2. The van der Waals surface area contributed by atoms with Gasteiger partial charge in [-0.1, -0.05) is 37.2 Å². The standard InChI is InChI=1S/C48H64N8O12S4/c1-7-50-44(59)48(45(60)51-21-9-22-52-53-49)31-33(13-19-41-46(2,3)37-29-35(69)15-17-39(37)55(41)24-10-26-70(61,62)63)28-34(32-48)14-20-42-47(4,5)38-30-36(72(67,68)54(6)23-8-12-43(57)58)16-18-40(38)56(42)25-11-27-71(64,65)66/h13-20,28-30H,7-12,21-27,31-32H2,1-6H3,(H5-,50,51,57,58,59,60,61,62,63,64,65,66,69)/p+1. The number of allylic oxidation sites excluding steroid dienone is 8. The van der Waals surface area contributed by atoms with E-state index in [1.807, 2.05) is 73.6 Å². The lowest BCUT2D eigenvalue weighted by molar-refractivity contribution is -0.437. The summed E-state index contributed by atoms with van der Waals surface area (Å²) >= 11 is 4.59. The maximum absolute atomic E-state index is 14.6. The van der Waals surface area contributed by atoms with E-state index in [1.54, 1.807) is 31.2 Å². The van der Waals surface area contributed by atoms with Gasteiger partial charge in [0.1, 0.15) is 12.0 Å². The van der Waals surface area contributed by atoms with E-state index in [-0.39, 0.29) is 82.7 Å². The molecule has 1 atom stereocenters. The Balaban J connectivity index is 1.68. The Morgan fingerprint density at radius 1 is 0.889 bits per heavy atom. The molecule has 5 rings (SSSR count). The average Bonchev–Trinajstić information content (AvgIpc) is 3.63. The predicted molar refractivity (Wildman–Crippen MR) is 277 cm³/mol. The van der Waals surface area contributed by atoms with Gasteiger partial charge in [-0.05, 0) is 112 Å². The molecule has 2 aromatic carbocycles. The molecule has 1 aliphatic carbocycles. The molecule has 24 heteroatoms. The number of fused-ring (bicyclic) bond motifs is 2. The molecule has 20 nitrogen and oxygen atoms in total. The van der Waals surface area contributed by atoms with Crippen LogP contribution in [-0.4, -0.2) is 130 Å². The van der Waals surface area contributed by atoms with Gasteiger partial charge in [-0.3, -0.25) is 23.5 Å². The molecule has 72 heavy (non-hydrogen) atoms. The van der Waals surface area contributed by atoms with Gasteiger partial charge in [-0.15, -0.1) is 12.6 Å². The first-order valence-corrected chi connectivity index (χ1v) is 28.6. The Hall–Kier alpha value is -5.33. The molecule has 0 saturated carbocycles. The lowest BCUT2D eigenvalue weighted by Gasteiger charge is -2.35. The number of hydrogen-bond donors (Lipinski definition) is 6. The van der Waals surface area contributed by atoms with Crippen molar-refractivity contribution in [3.63, 3.8) is 0 Å². The fourth-order valence-electron chi connectivity index (χ4n) is 9.53. The molecule has 0 aromatic heterocycles. The summed E-state index contributed by atoms with van der Waals surface area (Å²) in [6, 6.07) is 10.3. The highest BCUT2D eigenvalue weighted by Gasteiger charge is 2.49. The van der Waals surface area contributed by atoms with E-state index in [0.29, 0.717) is 34.5 Å². The topological polar surface area (TPSA) is 297 Å². The first-order chi connectivity index (χ1) is 33.6. The first kappa shape index (κ1) is 57.6. The third-order valence-electron chi connectivity index (χ3n) is 13.2. The van der Waals surface area contributed by atoms with Gasteiger partial charge in [-0.2, -0.15) is 21.4 Å². The summed E-state index contributed by atoms with van der Waals surface area (Å²) in [5, 5.41) is 18.4. The number of carbonyl (C=O) groups is 3. The third-order valence-corrected chi connectivity index (χ3v) is 16.9. The lowest BCUT2D eigenvalue weighted by Crippen LogP contribution is -2.53. The molecule has 0 bridgehead atoms. The molecule has 2 aliphatic heterocycles. The average molecular weight is 1070 g/mol. The van der Waals surface area contributed by atoms with E-state index in [0.717, 1.165) is 26.2 Å². The number of rotatable bonds is 24. The van der Waals surface area contributed by atoms with Crippen LogP contribution in [0.3, 0.4) is 0 Å². The van der Waals surface area contributed by atoms with Crippen molar-refractivity contribution >= 4 is 77.8 Å². The van der Waals surface area contributed by atoms with E-state index in [9.17, 15) is 48.7 Å². The summed E-state index contributed by atoms with van der Waals surface area (Å²) in [6.07, 6.45) is 9.28. The van der Waals surface area contributed by atoms with E-state index in [1.165, 1.54) is 13.1 Å². The van der Waals surface area contributed by atoms with Crippen LogP contribution in [0.2, 0.25) is 0 Å². The van der Waals surface area contributed by atoms with Crippen LogP contribution in [-0.2, 0) is 55.5 Å². The van der Waals surface area contributed by atoms with E-state index >= 15 is 0 Å². The van der Waals surface area contributed by atoms with Gasteiger partial charge in [-0.25, -0.2) is 12.7 Å². The highest BCUT2D eigenvalue weighted by Crippen LogP contribution is 2.49. The highest BCUT2D eigenvalue weighted by atomic mass is 32.2. The van der Waals surface area contributed by atoms with Gasteiger partial charge in [0.15, 0.2) is 5.71 Å². The largest absolute Gasteiger partial charge is 0.481 e. The van der Waals surface area contributed by atoms with Gasteiger partial charge < -0.3 is 20.6 Å². The zero-order valence-corrected chi connectivity index (χ0v) is 44.7. The van der Waals surface area contributed by atoms with Crippen molar-refractivity contribution in [2.45, 2.75) is 100 Å². The summed E-state index contributed by atoms with van der Waals surface area (Å²) in [4.78, 5) is 45.4. The van der Waals surface area contributed by atoms with Crippen LogP contribution in [0.4, 0.5) is 11.4 Å². The van der Waals surface area contributed by atoms with Crippen molar-refractivity contribution in [1.82, 2.24) is 14.9 Å². The molecule has 2 amide bonds. The lowest BCUT2D eigenvalue weighted by atomic mass is 9.70. The Labute approximate surface area is 427 Å². The zero-order chi connectivity index (χ0) is 53.5. The quantitative estimate of drug-likeness (QED) is 0.00997. The molecule has 0 spiro atoms. The van der Waals surface area contributed by atoms with Crippen LogP contribution in [0, 0.1) is 5.41 Å². The second-order valence-electron chi connectivity index (χ2n) is 19.1. The SMILES string of the molecule is CCNC(=O)C1(C(=O)NCCCN=[N+]=[N-])CC(/C=C/C2=[N+](CCCS(=O)(=O)O)c3ccc(S)cc3C2(C)C)=CC(=C/C=C2/N(CCCS(=O)(=O)O)c3ccc(S(=O)(=O)N(C)CCCC(=O)O)cc3C2(C)C)/C1. The molecule has 2 heterocycles. The smallest absolute Gasteiger partial charge is 0.303 e. The number of aliphatic carboxylic acids is 1. The monoisotopic (exact) mass is 1070 g/mol. The molecule has 0 fully saturated rings. The number of nitrogens with zero attached hydrogens (tertiary/aromatic N) is 6. The molecular formula is C48H65N8O12S4+. The van der Waals surface area contributed by atoms with Crippen LogP contribution in [0.5, 0.6) is 0 Å². The number of thiol groups is 1. The van der Waals surface area contributed by atoms with Crippen LogP contribution >= 0.6 is 12.6 Å². The molecule has 1 unspecified atom stereocenters. The molecule has 3 aliphatic rings. The summed E-state index contributed by atoms with van der Waals surface area (Å²) in [5.74, 6) is -3.17. The number of carbonyl (C=O) groups excluding carboxylic acids is 2. The van der Waals surface area contributed by atoms with E-state index < -0.39 is 75.8 Å². The zero-order valence-electron chi connectivity index (χ0n) is 41.3. The first-order valence-electron chi connectivity index (χ1n) is 23.5. The van der Waals surface area contributed by atoms with Crippen LogP contribution in [0.15, 0.2) is 98.5 Å². The van der Waals surface area contributed by atoms with E-state index in [2.05, 4.69) is 33.3 Å². The van der Waals surface area contributed by atoms with Crippen LogP contribution < -0.4 is 15.5 Å². The van der Waals surface area contributed by atoms with Gasteiger partial charge in [0.05, 0.1) is 21.8 Å². The van der Waals surface area contributed by atoms with Gasteiger partial charge >= 0.3 is 5.97 Å². The fraction of sp³-hybridized carbons (Fsp3) is 0.500. The van der Waals surface area contributed by atoms with Crippen molar-refractivity contribution in [3.05, 3.63) is 105 Å². The fourth-order valence-corrected chi connectivity index (χ4v) is 12.0. The van der Waals surface area contributed by atoms with E-state index in [4.69, 9.17) is 10.6 Å². The van der Waals surface area contributed by atoms with Gasteiger partial charge in [0.2, 0.25) is 27.5 Å². The van der Waals surface area contributed by atoms with Gasteiger partial charge in [0.25, 0.3) is 20.2 Å². The number of carboxylic acid groups (broad SMARTS) is 1. The molecule has 0 saturated heterocycles. The highest BCUT2D eigenvalue weighted by molar-refractivity contribution is 7.89. The van der Waals surface area contributed by atoms with Crippen molar-refractivity contribution in [2.24, 2.45) is 10.5 Å². The Kier molecular flexibility index (Phi) is 18.6. The number of nitrogens with one attached hydrogen (secondary N) is 2. The van der Waals surface area contributed by atoms with Crippen LogP contribution in [0.25, 0.3) is 10.4 Å². The normalized spacial score (nSPS) is 19.6. The van der Waals surface area contributed by atoms with Crippen molar-refractivity contribution in [2.75, 3.05) is 62.7 Å². The molecule has 0 radical (unpaired) electrons. The predicted octanol–water partition coefficient (Wildman–Crippen LogP) is 6.22. The number of sulfonamides is 1. The molecule has 5 N–H and O–H groups in total. The second kappa shape index (κ2) is 23.3. The molecule has 392 valence electrons. The molecule has 2 aromatic rings. The minimum Gasteiger partial charge on any atom is -0.481 e. The Morgan fingerprint density at radius 3 is 2.22 bits per heavy atom. The number of anilines is 1. The van der Waals surface area contributed by atoms with Crippen molar-refractivity contribution in [1.29, 1.82) is 0 Å². The van der Waals surface area contributed by atoms with Crippen molar-refractivity contribution in [3.8, 4) is 0 Å². The van der Waals surface area contributed by atoms with Crippen molar-refractivity contribution < 1.29 is 58.4 Å². The third kappa shape index (κ3) is 13.6. The Bertz CT molecular complexity index is 3010. The maximum atomic E-state index is 14.6. The number of amides is 2. The summed E-state index contributed by atoms with van der Waals surface area (Å²) in [5.41, 5.74) is 10.9. The summed E-state index contributed by atoms with van der Waals surface area (Å²) < 4.78 is 97.3. The number of hydrogen-bond acceptors (Lipinski definition) is 12. The summed E-state index contributed by atoms with van der Waals surface area (Å²) in [6.45, 7) is 10.2. The Morgan fingerprint density at radius 2 is 1.57 bits per heavy atom. The second-order valence-corrected chi connectivity index (χ2v) is 24.8. The number of carboxylic acids is 1. The number of azide groups is 1. The summed E-state index contributed by atoms with van der Waals surface area (Å²) in [7, 11) is -11.3. The minimum atomic E-state index is -4.35. The van der Waals surface area contributed by atoms with Crippen LogP contribution in [0.1, 0.15) is 90.7 Å².